The molecule has 14 heteroatoms. The van der Waals surface area contributed by atoms with Crippen LogP contribution in [0, 0.1) is 24.7 Å². The van der Waals surface area contributed by atoms with Gasteiger partial charge in [0.1, 0.15) is 5.75 Å². The number of hydrogen-bond acceptors (Lipinski definition) is 7. The second-order valence-corrected chi connectivity index (χ2v) is 10.2. The molecule has 1 saturated carbocycles. The van der Waals surface area contributed by atoms with Crippen molar-refractivity contribution in [3.8, 4) is 11.8 Å². The molecule has 8 nitrogen and oxygen atoms in total. The van der Waals surface area contributed by atoms with Crippen molar-refractivity contribution in [2.24, 2.45) is 17.8 Å². The van der Waals surface area contributed by atoms with E-state index in [1.54, 1.807) is 20.8 Å². The largest absolute Gasteiger partial charge is 0.424 e. The standard InChI is InChI=1S/C24H26F6N6O2/c1-12(2)36-21(38-18-7-16(23(25,26)27)6-17(8-18)24(28,29)30)31-20(34-36)9-19-14-4-5-15(19)11-35(10-14)22-33-32-13(3)37-22/h6-8,12,14-15,19H,4-5,9-11H2,1-3H3/t14-,15+,19?. The number of hydrogen-bond donors (Lipinski definition) is 0. The maximum Gasteiger partial charge on any atom is 0.416 e. The minimum atomic E-state index is -4.98. The number of aryl methyl sites for hydroxylation is 1. The average molecular weight is 544 g/mol. The smallest absolute Gasteiger partial charge is 0.416 e. The number of fused-ring (bicyclic) bond motifs is 2. The number of anilines is 1. The summed E-state index contributed by atoms with van der Waals surface area (Å²) >= 11 is 0. The second kappa shape index (κ2) is 9.45. The van der Waals surface area contributed by atoms with Gasteiger partial charge < -0.3 is 14.1 Å². The van der Waals surface area contributed by atoms with Crippen LogP contribution in [0.1, 0.15) is 55.6 Å². The summed E-state index contributed by atoms with van der Waals surface area (Å²) in [7, 11) is 0. The molecule has 1 aliphatic carbocycles. The first-order valence-electron chi connectivity index (χ1n) is 12.3. The Labute approximate surface area is 214 Å². The van der Waals surface area contributed by atoms with Gasteiger partial charge in [-0.15, -0.1) is 5.10 Å². The minimum Gasteiger partial charge on any atom is -0.424 e. The van der Waals surface area contributed by atoms with Crippen molar-refractivity contribution >= 4 is 6.01 Å². The van der Waals surface area contributed by atoms with Crippen LogP contribution < -0.4 is 9.64 Å². The summed E-state index contributed by atoms with van der Waals surface area (Å²) in [6.07, 6.45) is -7.43. The Morgan fingerprint density at radius 3 is 2.08 bits per heavy atom. The summed E-state index contributed by atoms with van der Waals surface area (Å²) in [5, 5.41) is 12.5. The van der Waals surface area contributed by atoms with Crippen LogP contribution in [0.15, 0.2) is 22.6 Å². The zero-order valence-corrected chi connectivity index (χ0v) is 20.8. The molecule has 5 rings (SSSR count). The van der Waals surface area contributed by atoms with Crippen LogP contribution >= 0.6 is 0 Å². The predicted molar refractivity (Wildman–Crippen MR) is 122 cm³/mol. The van der Waals surface area contributed by atoms with Gasteiger partial charge in [0.25, 0.3) is 0 Å². The highest BCUT2D eigenvalue weighted by atomic mass is 19.4. The van der Waals surface area contributed by atoms with Gasteiger partial charge in [-0.3, -0.25) is 0 Å². The molecule has 0 spiro atoms. The van der Waals surface area contributed by atoms with E-state index in [0.29, 0.717) is 48.1 Å². The van der Waals surface area contributed by atoms with Gasteiger partial charge in [0.05, 0.1) is 17.2 Å². The monoisotopic (exact) mass is 544 g/mol. The van der Waals surface area contributed by atoms with E-state index >= 15 is 0 Å². The first-order valence-corrected chi connectivity index (χ1v) is 12.3. The molecule has 1 saturated heterocycles. The highest BCUT2D eigenvalue weighted by molar-refractivity contribution is 5.38. The number of ether oxygens (including phenoxy) is 1. The maximum absolute atomic E-state index is 13.3. The Balaban J connectivity index is 1.38. The van der Waals surface area contributed by atoms with Crippen LogP contribution in [0.25, 0.3) is 0 Å². The van der Waals surface area contributed by atoms with Gasteiger partial charge in [0, 0.05) is 26.4 Å². The molecule has 2 aromatic heterocycles. The van der Waals surface area contributed by atoms with E-state index in [1.165, 1.54) is 4.68 Å². The first-order chi connectivity index (χ1) is 17.8. The molecule has 0 amide bonds. The molecule has 1 aromatic carbocycles. The Morgan fingerprint density at radius 2 is 1.58 bits per heavy atom. The molecule has 3 aromatic rings. The van der Waals surface area contributed by atoms with Crippen LogP contribution in [0.4, 0.5) is 32.4 Å². The normalized spacial score (nSPS) is 21.9. The molecular weight excluding hydrogens is 518 g/mol. The zero-order valence-electron chi connectivity index (χ0n) is 20.8. The molecular formula is C24H26F6N6O2. The highest BCUT2D eigenvalue weighted by Gasteiger charge is 2.44. The van der Waals surface area contributed by atoms with Crippen molar-refractivity contribution < 1.29 is 35.5 Å². The van der Waals surface area contributed by atoms with Gasteiger partial charge in [-0.25, -0.2) is 4.68 Å². The Hall–Kier alpha value is -3.32. The second-order valence-electron chi connectivity index (χ2n) is 10.2. The SMILES string of the molecule is Cc1nnc(N2C[C@H]3CC[C@@H](C2)C3Cc2nc(Oc3cc(C(F)(F)F)cc(C(F)(F)F)c3)n(C(C)C)n2)o1. The topological polar surface area (TPSA) is 82.1 Å². The van der Waals surface area contributed by atoms with E-state index in [4.69, 9.17) is 9.15 Å². The molecule has 3 heterocycles. The molecule has 38 heavy (non-hydrogen) atoms. The number of rotatable bonds is 6. The molecule has 3 atom stereocenters. The lowest BCUT2D eigenvalue weighted by Gasteiger charge is -2.36. The van der Waals surface area contributed by atoms with Gasteiger partial charge >= 0.3 is 24.4 Å². The lowest BCUT2D eigenvalue weighted by Crippen LogP contribution is -2.43. The highest BCUT2D eigenvalue weighted by Crippen LogP contribution is 2.45. The summed E-state index contributed by atoms with van der Waals surface area (Å²) in [5.41, 5.74) is -2.92. The first kappa shape index (κ1) is 26.3. The summed E-state index contributed by atoms with van der Waals surface area (Å²) in [6, 6.07) is 1.16. The molecule has 206 valence electrons. The van der Waals surface area contributed by atoms with E-state index in [1.807, 2.05) is 0 Å². The number of aromatic nitrogens is 5. The summed E-state index contributed by atoms with van der Waals surface area (Å²) in [5.74, 6) is 1.23. The molecule has 1 unspecified atom stereocenters. The Kier molecular flexibility index (Phi) is 6.54. The Bertz CT molecular complexity index is 1250. The maximum atomic E-state index is 13.3. The van der Waals surface area contributed by atoms with Gasteiger partial charge in [0.2, 0.25) is 5.89 Å². The van der Waals surface area contributed by atoms with Gasteiger partial charge in [-0.05, 0) is 62.6 Å². The quantitative estimate of drug-likeness (QED) is 0.348. The van der Waals surface area contributed by atoms with E-state index in [9.17, 15) is 26.3 Å². The predicted octanol–water partition coefficient (Wildman–Crippen LogP) is 6.09. The van der Waals surface area contributed by atoms with Crippen molar-refractivity contribution in [3.05, 3.63) is 41.0 Å². The number of nitrogens with zero attached hydrogens (tertiary/aromatic N) is 6. The summed E-state index contributed by atoms with van der Waals surface area (Å²) < 4.78 is 92.2. The zero-order chi connectivity index (χ0) is 27.4. The average Bonchev–Trinajstić information content (AvgIpc) is 3.48. The summed E-state index contributed by atoms with van der Waals surface area (Å²) in [4.78, 5) is 6.48. The number of piperidine rings is 1. The molecule has 0 N–H and O–H groups in total. The van der Waals surface area contributed by atoms with E-state index in [-0.39, 0.29) is 24.0 Å². The van der Waals surface area contributed by atoms with E-state index in [2.05, 4.69) is 25.2 Å². The molecule has 2 aliphatic rings. The summed E-state index contributed by atoms with van der Waals surface area (Å²) in [6.45, 7) is 6.75. The Morgan fingerprint density at radius 1 is 0.974 bits per heavy atom. The third-order valence-electron chi connectivity index (χ3n) is 7.14. The van der Waals surface area contributed by atoms with Gasteiger partial charge in [-0.1, -0.05) is 5.10 Å². The number of alkyl halides is 6. The number of benzene rings is 1. The molecule has 2 fully saturated rings. The third-order valence-corrected chi connectivity index (χ3v) is 7.14. The molecule has 2 bridgehead atoms. The van der Waals surface area contributed by atoms with Crippen LogP contribution in [0.3, 0.4) is 0 Å². The molecule has 1 aliphatic heterocycles. The van der Waals surface area contributed by atoms with Crippen LogP contribution in [0.5, 0.6) is 11.8 Å². The number of halogens is 6. The van der Waals surface area contributed by atoms with Crippen molar-refractivity contribution in [3.63, 3.8) is 0 Å². The van der Waals surface area contributed by atoms with Gasteiger partial charge in [0.15, 0.2) is 5.82 Å². The minimum absolute atomic E-state index is 0.0588. The van der Waals surface area contributed by atoms with Crippen molar-refractivity contribution in [1.29, 1.82) is 0 Å². The fraction of sp³-hybridized carbons (Fsp3) is 0.583. The van der Waals surface area contributed by atoms with E-state index < -0.39 is 29.2 Å². The van der Waals surface area contributed by atoms with Crippen LogP contribution in [-0.4, -0.2) is 38.1 Å². The molecule has 0 radical (unpaired) electrons. The third kappa shape index (κ3) is 5.30. The fourth-order valence-electron chi connectivity index (χ4n) is 5.38. The lowest BCUT2D eigenvalue weighted by molar-refractivity contribution is -0.143. The fourth-order valence-corrected chi connectivity index (χ4v) is 5.38. The van der Waals surface area contributed by atoms with E-state index in [0.717, 1.165) is 25.9 Å². The van der Waals surface area contributed by atoms with Gasteiger partial charge in [-0.2, -0.15) is 36.4 Å². The van der Waals surface area contributed by atoms with Crippen molar-refractivity contribution in [2.45, 2.75) is 58.4 Å². The van der Waals surface area contributed by atoms with Crippen LogP contribution in [0.2, 0.25) is 0 Å². The van der Waals surface area contributed by atoms with Crippen molar-refractivity contribution in [1.82, 2.24) is 25.0 Å². The van der Waals surface area contributed by atoms with Crippen molar-refractivity contribution in [2.75, 3.05) is 18.0 Å². The van der Waals surface area contributed by atoms with Crippen LogP contribution in [-0.2, 0) is 18.8 Å². The lowest BCUT2D eigenvalue weighted by atomic mass is 9.82.